The number of aryl methyl sites for hydroxylation is 1. The number of carbonyl (C=O) groups is 1. The molecule has 0 unspecified atom stereocenters. The van der Waals surface area contributed by atoms with E-state index in [-0.39, 0.29) is 5.91 Å². The first-order valence-electron chi connectivity index (χ1n) is 6.56. The van der Waals surface area contributed by atoms with Crippen molar-refractivity contribution in [1.82, 2.24) is 15.2 Å². The van der Waals surface area contributed by atoms with Crippen LogP contribution in [0.1, 0.15) is 28.8 Å². The first-order chi connectivity index (χ1) is 8.70. The number of hydrogen-bond donors (Lipinski definition) is 1. The number of carbonyl (C=O) groups excluding carboxylic acids is 1. The van der Waals surface area contributed by atoms with Crippen LogP contribution in [0.4, 0.5) is 0 Å². The molecular weight excluding hydrogens is 226 g/mol. The summed E-state index contributed by atoms with van der Waals surface area (Å²) < 4.78 is 0. The number of pyridine rings is 1. The third kappa shape index (κ3) is 3.07. The van der Waals surface area contributed by atoms with E-state index in [1.807, 2.05) is 24.9 Å². The molecule has 0 radical (unpaired) electrons. The summed E-state index contributed by atoms with van der Waals surface area (Å²) in [4.78, 5) is 18.3. The van der Waals surface area contributed by atoms with Gasteiger partial charge < -0.3 is 10.2 Å². The molecule has 1 aliphatic heterocycles. The average Bonchev–Trinajstić information content (AvgIpc) is 2.39. The number of rotatable bonds is 3. The number of aromatic nitrogens is 1. The van der Waals surface area contributed by atoms with Gasteiger partial charge in [-0.2, -0.15) is 0 Å². The number of nitrogens with zero attached hydrogens (tertiary/aromatic N) is 2. The molecule has 0 aromatic carbocycles. The number of amides is 1. The molecule has 2 rings (SSSR count). The van der Waals surface area contributed by atoms with Gasteiger partial charge in [0, 0.05) is 25.5 Å². The van der Waals surface area contributed by atoms with Gasteiger partial charge in [0.15, 0.2) is 0 Å². The number of hydrogen-bond acceptors (Lipinski definition) is 3. The Morgan fingerprint density at radius 2 is 2.17 bits per heavy atom. The van der Waals surface area contributed by atoms with Crippen molar-refractivity contribution in [3.8, 4) is 0 Å². The summed E-state index contributed by atoms with van der Waals surface area (Å²) in [6.45, 7) is 4.73. The summed E-state index contributed by atoms with van der Waals surface area (Å²) in [5, 5.41) is 3.21. The Kier molecular flexibility index (Phi) is 4.31. The third-order valence-electron chi connectivity index (χ3n) is 3.52. The first-order valence-corrected chi connectivity index (χ1v) is 6.56. The molecule has 2 heterocycles. The first kappa shape index (κ1) is 13.0. The van der Waals surface area contributed by atoms with Gasteiger partial charge in [0.05, 0.1) is 5.56 Å². The standard InChI is InChI=1S/C14H21N3O/c1-11-7-13(10-16-8-11)14(18)17-5-3-12(4-6-17)9-15-2/h7-8,10,12,15H,3-6,9H2,1-2H3. The second-order valence-corrected chi connectivity index (χ2v) is 5.04. The van der Waals surface area contributed by atoms with Crippen molar-refractivity contribution in [2.45, 2.75) is 19.8 Å². The van der Waals surface area contributed by atoms with E-state index >= 15 is 0 Å². The fraction of sp³-hybridized carbons (Fsp3) is 0.571. The van der Waals surface area contributed by atoms with Crippen LogP contribution < -0.4 is 5.32 Å². The largest absolute Gasteiger partial charge is 0.339 e. The summed E-state index contributed by atoms with van der Waals surface area (Å²) in [7, 11) is 1.98. The molecule has 1 aromatic heterocycles. The molecule has 0 atom stereocenters. The van der Waals surface area contributed by atoms with Gasteiger partial charge in [0.25, 0.3) is 5.91 Å². The van der Waals surface area contributed by atoms with E-state index in [2.05, 4.69) is 10.3 Å². The van der Waals surface area contributed by atoms with Crippen LogP contribution in [0.2, 0.25) is 0 Å². The predicted octanol–water partition coefficient (Wildman–Crippen LogP) is 1.46. The van der Waals surface area contributed by atoms with Crippen molar-refractivity contribution in [3.63, 3.8) is 0 Å². The van der Waals surface area contributed by atoms with E-state index in [0.29, 0.717) is 11.5 Å². The number of likely N-dealkylation sites (tertiary alicyclic amines) is 1. The van der Waals surface area contributed by atoms with Crippen LogP contribution in [0.25, 0.3) is 0 Å². The van der Waals surface area contributed by atoms with Crippen LogP contribution >= 0.6 is 0 Å². The lowest BCUT2D eigenvalue weighted by Gasteiger charge is -2.32. The van der Waals surface area contributed by atoms with E-state index < -0.39 is 0 Å². The van der Waals surface area contributed by atoms with E-state index in [1.165, 1.54) is 0 Å². The van der Waals surface area contributed by atoms with E-state index in [0.717, 1.165) is 38.0 Å². The van der Waals surface area contributed by atoms with Gasteiger partial charge in [-0.15, -0.1) is 0 Å². The minimum Gasteiger partial charge on any atom is -0.339 e. The zero-order valence-electron chi connectivity index (χ0n) is 11.1. The van der Waals surface area contributed by atoms with Crippen LogP contribution in [0.3, 0.4) is 0 Å². The summed E-state index contributed by atoms with van der Waals surface area (Å²) in [6.07, 6.45) is 5.61. The molecule has 1 N–H and O–H groups in total. The Morgan fingerprint density at radius 3 is 2.78 bits per heavy atom. The van der Waals surface area contributed by atoms with Gasteiger partial charge in [-0.3, -0.25) is 9.78 Å². The summed E-state index contributed by atoms with van der Waals surface area (Å²) in [5.41, 5.74) is 1.74. The van der Waals surface area contributed by atoms with Crippen molar-refractivity contribution < 1.29 is 4.79 Å². The van der Waals surface area contributed by atoms with Crippen LogP contribution in [-0.2, 0) is 0 Å². The van der Waals surface area contributed by atoms with Gasteiger partial charge in [0.1, 0.15) is 0 Å². The highest BCUT2D eigenvalue weighted by molar-refractivity contribution is 5.94. The minimum atomic E-state index is 0.120. The quantitative estimate of drug-likeness (QED) is 0.879. The molecule has 0 bridgehead atoms. The lowest BCUT2D eigenvalue weighted by atomic mass is 9.96. The molecule has 4 nitrogen and oxygen atoms in total. The van der Waals surface area contributed by atoms with Gasteiger partial charge in [-0.1, -0.05) is 0 Å². The zero-order chi connectivity index (χ0) is 13.0. The fourth-order valence-corrected chi connectivity index (χ4v) is 2.48. The molecule has 1 aromatic rings. The van der Waals surface area contributed by atoms with E-state index in [4.69, 9.17) is 0 Å². The van der Waals surface area contributed by atoms with Crippen LogP contribution in [0.15, 0.2) is 18.5 Å². The summed E-state index contributed by atoms with van der Waals surface area (Å²) >= 11 is 0. The smallest absolute Gasteiger partial charge is 0.255 e. The second-order valence-electron chi connectivity index (χ2n) is 5.04. The molecule has 0 saturated carbocycles. The van der Waals surface area contributed by atoms with Crippen LogP contribution in [0.5, 0.6) is 0 Å². The maximum absolute atomic E-state index is 12.3. The van der Waals surface area contributed by atoms with Crippen molar-refractivity contribution in [2.24, 2.45) is 5.92 Å². The van der Waals surface area contributed by atoms with Crippen molar-refractivity contribution in [1.29, 1.82) is 0 Å². The molecule has 1 fully saturated rings. The average molecular weight is 247 g/mol. The second kappa shape index (κ2) is 5.96. The molecule has 18 heavy (non-hydrogen) atoms. The lowest BCUT2D eigenvalue weighted by molar-refractivity contribution is 0.0690. The van der Waals surface area contributed by atoms with Gasteiger partial charge in [-0.05, 0) is 50.9 Å². The SMILES string of the molecule is CNCC1CCN(C(=O)c2cncc(C)c2)CC1. The Labute approximate surface area is 108 Å². The number of piperidine rings is 1. The molecule has 0 spiro atoms. The molecule has 0 aliphatic carbocycles. The third-order valence-corrected chi connectivity index (χ3v) is 3.52. The van der Waals surface area contributed by atoms with Gasteiger partial charge in [-0.25, -0.2) is 0 Å². The highest BCUT2D eigenvalue weighted by Gasteiger charge is 2.23. The Morgan fingerprint density at radius 1 is 1.44 bits per heavy atom. The predicted molar refractivity (Wildman–Crippen MR) is 71.5 cm³/mol. The van der Waals surface area contributed by atoms with Crippen molar-refractivity contribution in [3.05, 3.63) is 29.6 Å². The fourth-order valence-electron chi connectivity index (χ4n) is 2.48. The maximum Gasteiger partial charge on any atom is 0.255 e. The molecule has 1 saturated heterocycles. The van der Waals surface area contributed by atoms with Gasteiger partial charge in [0.2, 0.25) is 0 Å². The molecule has 4 heteroatoms. The highest BCUT2D eigenvalue weighted by atomic mass is 16.2. The lowest BCUT2D eigenvalue weighted by Crippen LogP contribution is -2.40. The van der Waals surface area contributed by atoms with E-state index in [1.54, 1.807) is 12.4 Å². The molecule has 98 valence electrons. The van der Waals surface area contributed by atoms with Crippen LogP contribution in [0, 0.1) is 12.8 Å². The highest BCUT2D eigenvalue weighted by Crippen LogP contribution is 2.18. The normalized spacial score (nSPS) is 16.9. The zero-order valence-corrected chi connectivity index (χ0v) is 11.1. The van der Waals surface area contributed by atoms with Crippen molar-refractivity contribution >= 4 is 5.91 Å². The molecular formula is C14H21N3O. The molecule has 1 amide bonds. The Bertz CT molecular complexity index is 411. The summed E-state index contributed by atoms with van der Waals surface area (Å²) in [5.74, 6) is 0.823. The van der Waals surface area contributed by atoms with Crippen LogP contribution in [-0.4, -0.2) is 42.5 Å². The number of nitrogens with one attached hydrogen (secondary N) is 1. The monoisotopic (exact) mass is 247 g/mol. The molecule has 1 aliphatic rings. The maximum atomic E-state index is 12.3. The Hall–Kier alpha value is -1.42. The minimum absolute atomic E-state index is 0.120. The topological polar surface area (TPSA) is 45.2 Å². The van der Waals surface area contributed by atoms with Gasteiger partial charge >= 0.3 is 0 Å². The Balaban J connectivity index is 1.95. The summed E-state index contributed by atoms with van der Waals surface area (Å²) in [6, 6.07) is 1.91. The van der Waals surface area contributed by atoms with E-state index in [9.17, 15) is 4.79 Å². The van der Waals surface area contributed by atoms with Crippen molar-refractivity contribution in [2.75, 3.05) is 26.7 Å².